The van der Waals surface area contributed by atoms with Crippen LogP contribution in [0.1, 0.15) is 31.2 Å². The number of halogens is 2. The average molecular weight is 373 g/mol. The molecule has 0 saturated heterocycles. The lowest BCUT2D eigenvalue weighted by atomic mass is 10.2. The maximum Gasteiger partial charge on any atom is 0.261 e. The van der Waals surface area contributed by atoms with Gasteiger partial charge >= 0.3 is 0 Å². The van der Waals surface area contributed by atoms with Gasteiger partial charge in [0.05, 0.1) is 10.9 Å². The summed E-state index contributed by atoms with van der Waals surface area (Å²) in [6.07, 6.45) is 5.62. The maximum absolute atomic E-state index is 12.8. The second kappa shape index (κ2) is 7.85. The van der Waals surface area contributed by atoms with Crippen molar-refractivity contribution in [2.45, 2.75) is 26.3 Å². The minimum atomic E-state index is -0.0131. The molecule has 0 aliphatic carbocycles. The number of hydrogen-bond donors (Lipinski definition) is 0. The summed E-state index contributed by atoms with van der Waals surface area (Å²) in [7, 11) is 0. The first kappa shape index (κ1) is 17.7. The number of para-hydroxylation sites is 1. The van der Waals surface area contributed by atoms with Crippen molar-refractivity contribution in [3.63, 3.8) is 0 Å². The van der Waals surface area contributed by atoms with Crippen molar-refractivity contribution in [2.24, 2.45) is 0 Å². The number of fused-ring (bicyclic) bond motifs is 1. The van der Waals surface area contributed by atoms with Gasteiger partial charge in [-0.05, 0) is 48.4 Å². The first-order chi connectivity index (χ1) is 12.1. The Balaban J connectivity index is 2.10. The van der Waals surface area contributed by atoms with Crippen LogP contribution in [0.25, 0.3) is 23.1 Å². The number of nitrogens with zero attached hydrogens (tertiary/aromatic N) is 2. The van der Waals surface area contributed by atoms with Crippen LogP contribution in [0, 0.1) is 0 Å². The number of unbranched alkanes of at least 4 members (excludes halogenated alkanes) is 1. The van der Waals surface area contributed by atoms with E-state index in [1.54, 1.807) is 16.7 Å². The van der Waals surface area contributed by atoms with Gasteiger partial charge in [0.1, 0.15) is 5.82 Å². The maximum atomic E-state index is 12.8. The number of benzene rings is 2. The molecule has 0 bridgehead atoms. The molecule has 128 valence electrons. The van der Waals surface area contributed by atoms with Gasteiger partial charge in [0, 0.05) is 16.6 Å². The highest BCUT2D eigenvalue weighted by molar-refractivity contribution is 6.35. The molecule has 25 heavy (non-hydrogen) atoms. The zero-order valence-electron chi connectivity index (χ0n) is 13.9. The largest absolute Gasteiger partial charge is 0.293 e. The van der Waals surface area contributed by atoms with E-state index in [-0.39, 0.29) is 5.56 Å². The third-order valence-electron chi connectivity index (χ3n) is 4.00. The van der Waals surface area contributed by atoms with Crippen molar-refractivity contribution < 1.29 is 0 Å². The molecule has 3 aromatic rings. The van der Waals surface area contributed by atoms with Gasteiger partial charge in [0.2, 0.25) is 0 Å². The Labute approximate surface area is 156 Å². The molecule has 0 spiro atoms. The third-order valence-corrected chi connectivity index (χ3v) is 4.56. The second-order valence-corrected chi connectivity index (χ2v) is 6.64. The van der Waals surface area contributed by atoms with Crippen LogP contribution in [0.3, 0.4) is 0 Å². The number of hydrogen-bond acceptors (Lipinski definition) is 2. The van der Waals surface area contributed by atoms with Gasteiger partial charge in [-0.15, -0.1) is 0 Å². The fraction of sp³-hybridized carbons (Fsp3) is 0.200. The molecule has 3 nitrogen and oxygen atoms in total. The van der Waals surface area contributed by atoms with E-state index in [9.17, 15) is 4.79 Å². The summed E-state index contributed by atoms with van der Waals surface area (Å²) in [5.74, 6) is 0.628. The first-order valence-electron chi connectivity index (χ1n) is 8.23. The Kier molecular flexibility index (Phi) is 5.57. The molecule has 5 heteroatoms. The standard InChI is InChI=1S/C20H18Cl2N2O/c1-2-3-12-24-19(11-9-14-8-10-15(21)13-17(14)22)23-18-7-5-4-6-16(18)20(24)25/h4-11,13H,2-3,12H2,1H3/b11-9+. The van der Waals surface area contributed by atoms with E-state index in [1.165, 1.54) is 0 Å². The molecule has 3 rings (SSSR count). The molecule has 0 fully saturated rings. The Hall–Kier alpha value is -2.10. The van der Waals surface area contributed by atoms with Crippen LogP contribution in [-0.2, 0) is 6.54 Å². The van der Waals surface area contributed by atoms with Gasteiger partial charge in [-0.2, -0.15) is 0 Å². The molecule has 0 atom stereocenters. The summed E-state index contributed by atoms with van der Waals surface area (Å²) in [6, 6.07) is 12.7. The number of rotatable bonds is 5. The third kappa shape index (κ3) is 3.94. The van der Waals surface area contributed by atoms with Crippen molar-refractivity contribution in [1.29, 1.82) is 0 Å². The van der Waals surface area contributed by atoms with Crippen LogP contribution in [0.5, 0.6) is 0 Å². The van der Waals surface area contributed by atoms with Crippen molar-refractivity contribution in [2.75, 3.05) is 0 Å². The molecule has 1 heterocycles. The first-order valence-corrected chi connectivity index (χ1v) is 8.98. The molecule has 0 N–H and O–H groups in total. The lowest BCUT2D eigenvalue weighted by Crippen LogP contribution is -2.24. The predicted octanol–water partition coefficient (Wildman–Crippen LogP) is 5.67. The van der Waals surface area contributed by atoms with Gasteiger partial charge in [-0.25, -0.2) is 4.98 Å². The van der Waals surface area contributed by atoms with Crippen molar-refractivity contribution >= 4 is 46.3 Å². The molecule has 0 saturated carbocycles. The summed E-state index contributed by atoms with van der Waals surface area (Å²) < 4.78 is 1.73. The second-order valence-electron chi connectivity index (χ2n) is 5.80. The summed E-state index contributed by atoms with van der Waals surface area (Å²) in [5, 5.41) is 1.79. The summed E-state index contributed by atoms with van der Waals surface area (Å²) in [5.41, 5.74) is 1.51. The molecule has 0 aliphatic rings. The van der Waals surface area contributed by atoms with Crippen molar-refractivity contribution in [3.8, 4) is 0 Å². The fourth-order valence-corrected chi connectivity index (χ4v) is 3.12. The van der Waals surface area contributed by atoms with E-state index in [1.807, 2.05) is 42.5 Å². The zero-order valence-corrected chi connectivity index (χ0v) is 15.4. The Bertz CT molecular complexity index is 993. The van der Waals surface area contributed by atoms with E-state index >= 15 is 0 Å². The number of aromatic nitrogens is 2. The smallest absolute Gasteiger partial charge is 0.261 e. The lowest BCUT2D eigenvalue weighted by molar-refractivity contribution is 0.603. The molecular weight excluding hydrogens is 355 g/mol. The van der Waals surface area contributed by atoms with Crippen LogP contribution in [-0.4, -0.2) is 9.55 Å². The lowest BCUT2D eigenvalue weighted by Gasteiger charge is -2.10. The highest BCUT2D eigenvalue weighted by atomic mass is 35.5. The van der Waals surface area contributed by atoms with Crippen molar-refractivity contribution in [3.05, 3.63) is 74.3 Å². The van der Waals surface area contributed by atoms with E-state index in [0.29, 0.717) is 33.3 Å². The Morgan fingerprint density at radius 1 is 1.12 bits per heavy atom. The SMILES string of the molecule is CCCCn1c(/C=C/c2ccc(Cl)cc2Cl)nc2ccccc2c1=O. The Morgan fingerprint density at radius 3 is 2.68 bits per heavy atom. The molecule has 2 aromatic carbocycles. The van der Waals surface area contributed by atoms with E-state index in [4.69, 9.17) is 23.2 Å². The topological polar surface area (TPSA) is 34.9 Å². The quantitative estimate of drug-likeness (QED) is 0.577. The van der Waals surface area contributed by atoms with Crippen LogP contribution >= 0.6 is 23.2 Å². The average Bonchev–Trinajstić information content (AvgIpc) is 2.60. The van der Waals surface area contributed by atoms with E-state index in [2.05, 4.69) is 11.9 Å². The molecule has 0 aliphatic heterocycles. The van der Waals surface area contributed by atoms with Gasteiger partial charge < -0.3 is 0 Å². The molecule has 0 radical (unpaired) electrons. The van der Waals surface area contributed by atoms with Crippen LogP contribution in [0.4, 0.5) is 0 Å². The molecular formula is C20H18Cl2N2O. The highest BCUT2D eigenvalue weighted by Gasteiger charge is 2.08. The van der Waals surface area contributed by atoms with Crippen LogP contribution in [0.15, 0.2) is 47.3 Å². The summed E-state index contributed by atoms with van der Waals surface area (Å²) in [4.78, 5) is 17.5. The highest BCUT2D eigenvalue weighted by Crippen LogP contribution is 2.23. The van der Waals surface area contributed by atoms with Gasteiger partial charge in [-0.1, -0.05) is 54.7 Å². The molecule has 0 unspecified atom stereocenters. The van der Waals surface area contributed by atoms with Gasteiger partial charge in [-0.3, -0.25) is 9.36 Å². The van der Waals surface area contributed by atoms with Gasteiger partial charge in [0.15, 0.2) is 0 Å². The minimum absolute atomic E-state index is 0.0131. The Morgan fingerprint density at radius 2 is 1.92 bits per heavy atom. The molecule has 1 aromatic heterocycles. The predicted molar refractivity (Wildman–Crippen MR) is 106 cm³/mol. The summed E-state index contributed by atoms with van der Waals surface area (Å²) in [6.45, 7) is 2.74. The van der Waals surface area contributed by atoms with Crippen molar-refractivity contribution in [1.82, 2.24) is 9.55 Å². The van der Waals surface area contributed by atoms with E-state index < -0.39 is 0 Å². The monoisotopic (exact) mass is 372 g/mol. The normalized spacial score (nSPS) is 11.5. The fourth-order valence-electron chi connectivity index (χ4n) is 2.65. The van der Waals surface area contributed by atoms with Crippen LogP contribution in [0.2, 0.25) is 10.0 Å². The molecule has 0 amide bonds. The minimum Gasteiger partial charge on any atom is -0.293 e. The van der Waals surface area contributed by atoms with E-state index in [0.717, 1.165) is 18.4 Å². The summed E-state index contributed by atoms with van der Waals surface area (Å²) >= 11 is 12.2. The van der Waals surface area contributed by atoms with Crippen LogP contribution < -0.4 is 5.56 Å². The van der Waals surface area contributed by atoms with Gasteiger partial charge in [0.25, 0.3) is 5.56 Å². The zero-order chi connectivity index (χ0) is 17.8.